The fraction of sp³-hybridized carbons (Fsp3) is 0.818. The maximum Gasteiger partial charge on any atom is 0.290 e. The molecule has 9 heteroatoms. The highest BCUT2D eigenvalue weighted by molar-refractivity contribution is 7.89. The molecule has 3 aliphatic rings. The molecule has 176 valence electrons. The van der Waals surface area contributed by atoms with Crippen LogP contribution in [-0.2, 0) is 21.9 Å². The highest BCUT2D eigenvalue weighted by atomic mass is 32.2. The Bertz CT molecular complexity index is 834. The Morgan fingerprint density at radius 1 is 1.26 bits per heavy atom. The van der Waals surface area contributed by atoms with E-state index in [1.807, 2.05) is 6.92 Å². The van der Waals surface area contributed by atoms with E-state index in [0.717, 1.165) is 5.56 Å². The quantitative estimate of drug-likeness (QED) is 0.688. The molecule has 1 aromatic rings. The molecule has 0 unspecified atom stereocenters. The normalized spacial score (nSPS) is 29.2. The predicted molar refractivity (Wildman–Crippen MR) is 119 cm³/mol. The van der Waals surface area contributed by atoms with E-state index in [1.54, 1.807) is 17.5 Å². The molecule has 2 bridgehead atoms. The standard InChI is InChI=1S/C21H36N4O2S.CH2O2/c1-15(2)8-9-20-18-11-17(19-7-5-6-10-25(19)20)13-24(14-18)28(26,27)21-16(3)12-22-23(21)4;2-1-3/h12,15,17-20H,5-11,13-14H2,1-4H3;1H,(H,2,3)/t17-,18+,19+,20+;/m1./s1. The molecule has 0 saturated carbocycles. The molecule has 4 rings (SSSR count). The van der Waals surface area contributed by atoms with Crippen LogP contribution in [0.25, 0.3) is 0 Å². The summed E-state index contributed by atoms with van der Waals surface area (Å²) in [5, 5.41) is 11.4. The molecule has 1 aromatic heterocycles. The summed E-state index contributed by atoms with van der Waals surface area (Å²) in [5.41, 5.74) is 0.744. The summed E-state index contributed by atoms with van der Waals surface area (Å²) in [6, 6.07) is 1.10. The summed E-state index contributed by atoms with van der Waals surface area (Å²) in [6.07, 6.45) is 9.09. The number of fused-ring (bicyclic) bond motifs is 4. The Hall–Kier alpha value is -1.45. The van der Waals surface area contributed by atoms with E-state index in [1.165, 1.54) is 49.8 Å². The fourth-order valence-electron chi connectivity index (χ4n) is 5.99. The lowest BCUT2D eigenvalue weighted by molar-refractivity contribution is -0.122. The van der Waals surface area contributed by atoms with Crippen molar-refractivity contribution in [2.24, 2.45) is 24.8 Å². The van der Waals surface area contributed by atoms with Crippen LogP contribution in [0.15, 0.2) is 11.2 Å². The lowest BCUT2D eigenvalue weighted by atomic mass is 9.71. The second kappa shape index (κ2) is 10.0. The van der Waals surface area contributed by atoms with Crippen molar-refractivity contribution in [2.45, 2.75) is 76.4 Å². The zero-order valence-electron chi connectivity index (χ0n) is 19.3. The minimum absolute atomic E-state index is 0.250. The van der Waals surface area contributed by atoms with Crippen LogP contribution in [0.4, 0.5) is 0 Å². The average molecular weight is 455 g/mol. The fourth-order valence-corrected chi connectivity index (χ4v) is 7.85. The van der Waals surface area contributed by atoms with Crippen LogP contribution in [0, 0.1) is 24.7 Å². The van der Waals surface area contributed by atoms with E-state index < -0.39 is 10.0 Å². The minimum atomic E-state index is -3.50. The first-order chi connectivity index (χ1) is 14.7. The number of nitrogens with zero attached hydrogens (tertiary/aromatic N) is 4. The lowest BCUT2D eigenvalue weighted by Crippen LogP contribution is -2.64. The van der Waals surface area contributed by atoms with Gasteiger partial charge < -0.3 is 5.11 Å². The molecular formula is C22H38N4O4S. The Balaban J connectivity index is 0.000000858. The van der Waals surface area contributed by atoms with Crippen molar-refractivity contribution >= 4 is 16.5 Å². The maximum atomic E-state index is 13.5. The van der Waals surface area contributed by atoms with Gasteiger partial charge in [-0.05, 0) is 63.3 Å². The molecule has 3 fully saturated rings. The van der Waals surface area contributed by atoms with Gasteiger partial charge in [0.15, 0.2) is 5.03 Å². The summed E-state index contributed by atoms with van der Waals surface area (Å²) < 4.78 is 30.3. The van der Waals surface area contributed by atoms with Gasteiger partial charge in [-0.1, -0.05) is 20.3 Å². The zero-order chi connectivity index (χ0) is 22.8. The van der Waals surface area contributed by atoms with Gasteiger partial charge in [-0.2, -0.15) is 9.40 Å². The first-order valence-corrected chi connectivity index (χ1v) is 13.0. The van der Waals surface area contributed by atoms with Crippen molar-refractivity contribution in [3.8, 4) is 0 Å². The smallest absolute Gasteiger partial charge is 0.290 e. The molecule has 31 heavy (non-hydrogen) atoms. The molecule has 0 spiro atoms. The number of hydrogen-bond acceptors (Lipinski definition) is 5. The van der Waals surface area contributed by atoms with Gasteiger partial charge in [0.2, 0.25) is 0 Å². The third-order valence-electron chi connectivity index (χ3n) is 7.27. The van der Waals surface area contributed by atoms with Gasteiger partial charge in [0.1, 0.15) is 0 Å². The molecule has 3 aliphatic heterocycles. The van der Waals surface area contributed by atoms with Crippen molar-refractivity contribution in [3.63, 3.8) is 0 Å². The SMILES string of the molecule is Cc1cnn(C)c1S(=O)(=O)N1C[C@H]2C[C@@H](C1)[C@H](CCC(C)C)N1CCCC[C@@H]21.O=CO. The summed E-state index contributed by atoms with van der Waals surface area (Å²) in [4.78, 5) is 11.1. The van der Waals surface area contributed by atoms with E-state index in [9.17, 15) is 8.42 Å². The van der Waals surface area contributed by atoms with Crippen LogP contribution in [0.2, 0.25) is 0 Å². The second-order valence-electron chi connectivity index (χ2n) is 9.78. The predicted octanol–water partition coefficient (Wildman–Crippen LogP) is 2.73. The summed E-state index contributed by atoms with van der Waals surface area (Å²) in [6.45, 7) is 8.72. The van der Waals surface area contributed by atoms with E-state index in [2.05, 4.69) is 23.8 Å². The van der Waals surface area contributed by atoms with Gasteiger partial charge in [-0.3, -0.25) is 14.4 Å². The molecule has 0 radical (unpaired) electrons. The van der Waals surface area contributed by atoms with E-state index >= 15 is 0 Å². The van der Waals surface area contributed by atoms with Crippen molar-refractivity contribution in [2.75, 3.05) is 19.6 Å². The summed E-state index contributed by atoms with van der Waals surface area (Å²) in [5.74, 6) is 1.62. The molecule has 0 aromatic carbocycles. The van der Waals surface area contributed by atoms with Crippen LogP contribution >= 0.6 is 0 Å². The first-order valence-electron chi connectivity index (χ1n) is 11.5. The maximum absolute atomic E-state index is 13.5. The van der Waals surface area contributed by atoms with Crippen molar-refractivity contribution in [3.05, 3.63) is 11.8 Å². The van der Waals surface area contributed by atoms with Gasteiger partial charge in [0, 0.05) is 37.8 Å². The second-order valence-corrected chi connectivity index (χ2v) is 11.6. The minimum Gasteiger partial charge on any atom is -0.483 e. The Labute approximate surface area is 186 Å². The van der Waals surface area contributed by atoms with Gasteiger partial charge in [-0.15, -0.1) is 0 Å². The lowest BCUT2D eigenvalue weighted by Gasteiger charge is -2.56. The molecule has 0 aliphatic carbocycles. The molecular weight excluding hydrogens is 416 g/mol. The molecule has 4 atom stereocenters. The van der Waals surface area contributed by atoms with Crippen LogP contribution in [0.3, 0.4) is 0 Å². The molecule has 8 nitrogen and oxygen atoms in total. The van der Waals surface area contributed by atoms with Gasteiger partial charge >= 0.3 is 0 Å². The highest BCUT2D eigenvalue weighted by Gasteiger charge is 2.49. The number of piperidine rings is 3. The number of carbonyl (C=O) groups is 1. The number of carboxylic acid groups (broad SMARTS) is 1. The topological polar surface area (TPSA) is 95.7 Å². The highest BCUT2D eigenvalue weighted by Crippen LogP contribution is 2.44. The van der Waals surface area contributed by atoms with Crippen molar-refractivity contribution in [1.82, 2.24) is 19.0 Å². The van der Waals surface area contributed by atoms with Crippen LogP contribution in [0.5, 0.6) is 0 Å². The molecule has 3 saturated heterocycles. The number of hydrogen-bond donors (Lipinski definition) is 1. The molecule has 1 N–H and O–H groups in total. The van der Waals surface area contributed by atoms with Crippen molar-refractivity contribution in [1.29, 1.82) is 0 Å². The average Bonchev–Trinajstić information content (AvgIpc) is 3.07. The Morgan fingerprint density at radius 3 is 2.55 bits per heavy atom. The Kier molecular flexibility index (Phi) is 7.81. The van der Waals surface area contributed by atoms with Crippen LogP contribution in [-0.4, -0.2) is 70.7 Å². The summed E-state index contributed by atoms with van der Waals surface area (Å²) in [7, 11) is -1.76. The first kappa shape index (κ1) is 24.2. The molecule has 0 amide bonds. The third kappa shape index (κ3) is 4.98. The van der Waals surface area contributed by atoms with Gasteiger partial charge in [0.05, 0.1) is 6.20 Å². The monoisotopic (exact) mass is 454 g/mol. The number of aryl methyl sites for hydroxylation is 2. The van der Waals surface area contributed by atoms with Crippen LogP contribution in [0.1, 0.15) is 57.9 Å². The van der Waals surface area contributed by atoms with Crippen molar-refractivity contribution < 1.29 is 18.3 Å². The van der Waals surface area contributed by atoms with E-state index in [-0.39, 0.29) is 6.47 Å². The largest absolute Gasteiger partial charge is 0.483 e. The van der Waals surface area contributed by atoms with E-state index in [4.69, 9.17) is 9.90 Å². The summed E-state index contributed by atoms with van der Waals surface area (Å²) >= 11 is 0. The Morgan fingerprint density at radius 2 is 1.94 bits per heavy atom. The number of rotatable bonds is 5. The zero-order valence-corrected chi connectivity index (χ0v) is 20.1. The number of aromatic nitrogens is 2. The number of sulfonamides is 1. The van der Waals surface area contributed by atoms with Gasteiger partial charge in [-0.25, -0.2) is 8.42 Å². The third-order valence-corrected chi connectivity index (χ3v) is 9.32. The van der Waals surface area contributed by atoms with E-state index in [0.29, 0.717) is 48.0 Å². The van der Waals surface area contributed by atoms with Gasteiger partial charge in [0.25, 0.3) is 16.5 Å². The molecule has 4 heterocycles. The van der Waals surface area contributed by atoms with Crippen LogP contribution < -0.4 is 0 Å².